The molecule has 154 valence electrons. The summed E-state index contributed by atoms with van der Waals surface area (Å²) in [6.07, 6.45) is 3.77. The summed E-state index contributed by atoms with van der Waals surface area (Å²) < 4.78 is 36.8. The molecule has 1 N–H and O–H groups in total. The van der Waals surface area contributed by atoms with Gasteiger partial charge in [-0.25, -0.2) is 13.2 Å². The molecule has 1 aliphatic carbocycles. The summed E-state index contributed by atoms with van der Waals surface area (Å²) in [5.74, 6) is -0.852. The normalized spacial score (nSPS) is 20.3. The third kappa shape index (κ3) is 4.21. The van der Waals surface area contributed by atoms with E-state index in [9.17, 15) is 18.0 Å². The summed E-state index contributed by atoms with van der Waals surface area (Å²) in [5, 5.41) is 2.83. The topological polar surface area (TPSA) is 102 Å². The first-order valence-electron chi connectivity index (χ1n) is 9.48. The second-order valence-corrected chi connectivity index (χ2v) is 9.07. The van der Waals surface area contributed by atoms with Crippen LogP contribution in [0.4, 0.5) is 0 Å². The number of hydrogen-bond donors (Lipinski definition) is 1. The van der Waals surface area contributed by atoms with Crippen molar-refractivity contribution in [1.82, 2.24) is 9.62 Å². The van der Waals surface area contributed by atoms with Gasteiger partial charge in [0.15, 0.2) is 0 Å². The highest BCUT2D eigenvalue weighted by molar-refractivity contribution is 7.89. The van der Waals surface area contributed by atoms with E-state index in [4.69, 9.17) is 9.47 Å². The minimum Gasteiger partial charge on any atom is -0.467 e. The summed E-state index contributed by atoms with van der Waals surface area (Å²) >= 11 is 0. The zero-order valence-electron chi connectivity index (χ0n) is 16.0. The second kappa shape index (κ2) is 8.59. The van der Waals surface area contributed by atoms with Gasteiger partial charge in [-0.15, -0.1) is 0 Å². The number of methoxy groups -OCH3 is 1. The molecule has 0 aromatic heterocycles. The fourth-order valence-corrected chi connectivity index (χ4v) is 5.14. The third-order valence-electron chi connectivity index (χ3n) is 5.36. The predicted molar refractivity (Wildman–Crippen MR) is 101 cm³/mol. The Morgan fingerprint density at radius 1 is 1.07 bits per heavy atom. The molecular formula is C19H26N2O6S. The number of esters is 1. The maximum absolute atomic E-state index is 12.7. The molecule has 8 nitrogen and oxygen atoms in total. The van der Waals surface area contributed by atoms with E-state index in [2.05, 4.69) is 5.32 Å². The largest absolute Gasteiger partial charge is 0.467 e. The van der Waals surface area contributed by atoms with E-state index in [0.717, 1.165) is 19.3 Å². The molecule has 0 bridgehead atoms. The molecule has 0 radical (unpaired) electrons. The number of nitrogens with zero attached hydrogens (tertiary/aromatic N) is 1. The Hall–Kier alpha value is -1.97. The van der Waals surface area contributed by atoms with Gasteiger partial charge in [0, 0.05) is 18.7 Å². The van der Waals surface area contributed by atoms with Crippen LogP contribution in [0.2, 0.25) is 0 Å². The number of hydrogen-bond acceptors (Lipinski definition) is 6. The van der Waals surface area contributed by atoms with Crippen molar-refractivity contribution in [3.05, 3.63) is 29.8 Å². The highest BCUT2D eigenvalue weighted by Crippen LogP contribution is 2.30. The van der Waals surface area contributed by atoms with Crippen LogP contribution in [0.15, 0.2) is 29.2 Å². The van der Waals surface area contributed by atoms with Crippen molar-refractivity contribution in [2.75, 3.05) is 33.4 Å². The van der Waals surface area contributed by atoms with Crippen molar-refractivity contribution in [3.63, 3.8) is 0 Å². The van der Waals surface area contributed by atoms with Gasteiger partial charge in [0.2, 0.25) is 10.0 Å². The minimum atomic E-state index is -3.61. The standard InChI is InChI=1S/C19H26N2O6S/c1-26-18(23)19(9-3-2-4-10-19)20-17(22)15-5-7-16(8-6-15)28(24,25)21-11-13-27-14-12-21/h5-8H,2-4,9-14H2,1H3,(H,20,22). The number of carbonyl (C=O) groups is 2. The molecule has 1 amide bonds. The van der Waals surface area contributed by atoms with E-state index in [0.29, 0.717) is 44.7 Å². The smallest absolute Gasteiger partial charge is 0.331 e. The van der Waals surface area contributed by atoms with E-state index in [-0.39, 0.29) is 4.90 Å². The summed E-state index contributed by atoms with van der Waals surface area (Å²) in [6.45, 7) is 1.36. The zero-order valence-corrected chi connectivity index (χ0v) is 16.8. The Bertz CT molecular complexity index is 809. The van der Waals surface area contributed by atoms with Crippen LogP contribution in [0, 0.1) is 0 Å². The number of sulfonamides is 1. The summed E-state index contributed by atoms with van der Waals surface area (Å²) in [6, 6.07) is 5.78. The fraction of sp³-hybridized carbons (Fsp3) is 0.579. The van der Waals surface area contributed by atoms with Gasteiger partial charge >= 0.3 is 5.97 Å². The molecule has 2 aliphatic rings. The van der Waals surface area contributed by atoms with Crippen LogP contribution in [0.1, 0.15) is 42.5 Å². The maximum Gasteiger partial charge on any atom is 0.331 e. The van der Waals surface area contributed by atoms with Gasteiger partial charge in [-0.2, -0.15) is 4.31 Å². The summed E-state index contributed by atoms with van der Waals surface area (Å²) in [7, 11) is -2.30. The molecule has 0 unspecified atom stereocenters. The van der Waals surface area contributed by atoms with E-state index < -0.39 is 27.4 Å². The van der Waals surface area contributed by atoms with Crippen LogP contribution < -0.4 is 5.32 Å². The van der Waals surface area contributed by atoms with Crippen LogP contribution in [0.3, 0.4) is 0 Å². The van der Waals surface area contributed by atoms with E-state index in [1.165, 1.54) is 35.7 Å². The number of nitrogens with one attached hydrogen (secondary N) is 1. The lowest BCUT2D eigenvalue weighted by atomic mass is 9.81. The lowest BCUT2D eigenvalue weighted by molar-refractivity contribution is -0.149. The van der Waals surface area contributed by atoms with Gasteiger partial charge in [-0.3, -0.25) is 4.79 Å². The summed E-state index contributed by atoms with van der Waals surface area (Å²) in [4.78, 5) is 25.1. The van der Waals surface area contributed by atoms with Crippen molar-refractivity contribution >= 4 is 21.9 Å². The lowest BCUT2D eigenvalue weighted by Crippen LogP contribution is -2.56. The zero-order chi connectivity index (χ0) is 20.2. The Labute approximate surface area is 165 Å². The first-order valence-corrected chi connectivity index (χ1v) is 10.9. The number of ether oxygens (including phenoxy) is 2. The number of amides is 1. The molecule has 0 spiro atoms. The third-order valence-corrected chi connectivity index (χ3v) is 7.27. The molecule has 1 aliphatic heterocycles. The average Bonchev–Trinajstić information content (AvgIpc) is 2.74. The number of rotatable bonds is 5. The van der Waals surface area contributed by atoms with Gasteiger partial charge < -0.3 is 14.8 Å². The van der Waals surface area contributed by atoms with Gasteiger partial charge in [0.1, 0.15) is 5.54 Å². The van der Waals surface area contributed by atoms with Crippen LogP contribution in [-0.2, 0) is 24.3 Å². The number of carbonyl (C=O) groups excluding carboxylic acids is 2. The highest BCUT2D eigenvalue weighted by Gasteiger charge is 2.42. The van der Waals surface area contributed by atoms with Crippen LogP contribution in [0.25, 0.3) is 0 Å². The van der Waals surface area contributed by atoms with Gasteiger partial charge in [-0.1, -0.05) is 19.3 Å². The molecule has 2 fully saturated rings. The Balaban J connectivity index is 1.75. The highest BCUT2D eigenvalue weighted by atomic mass is 32.2. The fourth-order valence-electron chi connectivity index (χ4n) is 3.73. The Morgan fingerprint density at radius 2 is 1.68 bits per heavy atom. The number of morpholine rings is 1. The predicted octanol–water partition coefficient (Wildman–Crippen LogP) is 1.31. The number of benzene rings is 1. The monoisotopic (exact) mass is 410 g/mol. The molecule has 0 atom stereocenters. The minimum absolute atomic E-state index is 0.131. The van der Waals surface area contributed by atoms with E-state index in [1.54, 1.807) is 0 Å². The van der Waals surface area contributed by atoms with Crippen molar-refractivity contribution < 1.29 is 27.5 Å². The van der Waals surface area contributed by atoms with Gasteiger partial charge in [0.05, 0.1) is 25.2 Å². The first kappa shape index (κ1) is 20.8. The molecule has 1 heterocycles. The second-order valence-electron chi connectivity index (χ2n) is 7.13. The molecule has 1 aromatic carbocycles. The summed E-state index contributed by atoms with van der Waals surface area (Å²) in [5.41, 5.74) is -0.711. The molecule has 9 heteroatoms. The van der Waals surface area contributed by atoms with Gasteiger partial charge in [0.25, 0.3) is 5.91 Å². The average molecular weight is 410 g/mol. The van der Waals surface area contributed by atoms with Gasteiger partial charge in [-0.05, 0) is 37.1 Å². The molecule has 28 heavy (non-hydrogen) atoms. The quantitative estimate of drug-likeness (QED) is 0.735. The maximum atomic E-state index is 12.7. The first-order chi connectivity index (χ1) is 13.4. The van der Waals surface area contributed by atoms with Crippen molar-refractivity contribution in [2.45, 2.75) is 42.5 Å². The van der Waals surface area contributed by atoms with E-state index >= 15 is 0 Å². The molecule has 1 aromatic rings. The van der Waals surface area contributed by atoms with Crippen LogP contribution >= 0.6 is 0 Å². The van der Waals surface area contributed by atoms with Crippen molar-refractivity contribution in [1.29, 1.82) is 0 Å². The lowest BCUT2D eigenvalue weighted by Gasteiger charge is -2.35. The van der Waals surface area contributed by atoms with Crippen LogP contribution in [-0.4, -0.2) is 63.6 Å². The molecular weight excluding hydrogens is 384 g/mol. The molecule has 3 rings (SSSR count). The Morgan fingerprint density at radius 3 is 2.25 bits per heavy atom. The molecule has 1 saturated carbocycles. The SMILES string of the molecule is COC(=O)C1(NC(=O)c2ccc(S(=O)(=O)N3CCOCC3)cc2)CCCCC1. The van der Waals surface area contributed by atoms with Crippen molar-refractivity contribution in [2.24, 2.45) is 0 Å². The van der Waals surface area contributed by atoms with Crippen molar-refractivity contribution in [3.8, 4) is 0 Å². The Kier molecular flexibility index (Phi) is 6.36. The molecule has 1 saturated heterocycles. The van der Waals surface area contributed by atoms with E-state index in [1.807, 2.05) is 0 Å². The van der Waals surface area contributed by atoms with Crippen LogP contribution in [0.5, 0.6) is 0 Å².